The molecule has 1 N–H and O–H groups in total. The molecule has 0 bridgehead atoms. The quantitative estimate of drug-likeness (QED) is 0.448. The predicted molar refractivity (Wildman–Crippen MR) is 129 cm³/mol. The van der Waals surface area contributed by atoms with Crippen LogP contribution in [0, 0.1) is 6.92 Å². The summed E-state index contributed by atoms with van der Waals surface area (Å²) in [6, 6.07) is 9.89. The van der Waals surface area contributed by atoms with Gasteiger partial charge in [0.2, 0.25) is 5.91 Å². The summed E-state index contributed by atoms with van der Waals surface area (Å²) >= 11 is 15.8. The molecule has 0 radical (unpaired) electrons. The van der Waals surface area contributed by atoms with E-state index in [-0.39, 0.29) is 31.0 Å². The minimum atomic E-state index is -0.656. The van der Waals surface area contributed by atoms with Crippen LogP contribution in [-0.4, -0.2) is 35.4 Å². The summed E-state index contributed by atoms with van der Waals surface area (Å²) in [5.74, 6) is 0.0611. The van der Waals surface area contributed by atoms with Crippen molar-refractivity contribution in [3.8, 4) is 5.75 Å². The van der Waals surface area contributed by atoms with Crippen LogP contribution in [-0.2, 0) is 16.1 Å². The highest BCUT2D eigenvalue weighted by molar-refractivity contribution is 9.10. The maximum atomic E-state index is 13.2. The molecule has 0 saturated carbocycles. The number of halogens is 3. The van der Waals surface area contributed by atoms with Gasteiger partial charge in [0.15, 0.2) is 6.61 Å². The lowest BCUT2D eigenvalue weighted by Crippen LogP contribution is -2.51. The molecule has 31 heavy (non-hydrogen) atoms. The number of hydrogen-bond donors (Lipinski definition) is 1. The van der Waals surface area contributed by atoms with E-state index >= 15 is 0 Å². The first-order valence-corrected chi connectivity index (χ1v) is 11.6. The number of nitrogens with one attached hydrogen (secondary N) is 1. The highest BCUT2D eigenvalue weighted by atomic mass is 79.9. The van der Waals surface area contributed by atoms with Crippen molar-refractivity contribution in [3.63, 3.8) is 0 Å². The molecule has 0 aliphatic heterocycles. The Labute approximate surface area is 202 Å². The van der Waals surface area contributed by atoms with Gasteiger partial charge in [-0.2, -0.15) is 0 Å². The molecule has 168 valence electrons. The van der Waals surface area contributed by atoms with E-state index in [2.05, 4.69) is 21.2 Å². The second-order valence-corrected chi connectivity index (χ2v) is 9.24. The monoisotopic (exact) mass is 528 g/mol. The number of carbonyl (C=O) groups is 2. The Kier molecular flexibility index (Phi) is 9.66. The van der Waals surface area contributed by atoms with Crippen LogP contribution in [0.25, 0.3) is 0 Å². The van der Waals surface area contributed by atoms with Crippen LogP contribution in [0.4, 0.5) is 0 Å². The summed E-state index contributed by atoms with van der Waals surface area (Å²) in [5.41, 5.74) is 1.70. The van der Waals surface area contributed by atoms with Crippen molar-refractivity contribution in [2.75, 3.05) is 6.61 Å². The SMILES string of the molecule is CC[C@@H](C(=O)NC(C)C)N(Cc1ccc(Cl)cc1Cl)C(=O)COc1ccc(Br)c(C)c1. The molecule has 2 amide bonds. The molecule has 0 aromatic heterocycles. The summed E-state index contributed by atoms with van der Waals surface area (Å²) in [6.45, 7) is 7.54. The number of rotatable bonds is 9. The van der Waals surface area contributed by atoms with Gasteiger partial charge in [-0.1, -0.05) is 52.1 Å². The third-order valence-electron chi connectivity index (χ3n) is 4.66. The lowest BCUT2D eigenvalue weighted by atomic mass is 10.1. The number of hydrogen-bond acceptors (Lipinski definition) is 3. The highest BCUT2D eigenvalue weighted by Gasteiger charge is 2.29. The summed E-state index contributed by atoms with van der Waals surface area (Å²) in [4.78, 5) is 27.5. The van der Waals surface area contributed by atoms with Crippen molar-refractivity contribution in [3.05, 3.63) is 62.0 Å². The number of amides is 2. The first kappa shape index (κ1) is 25.5. The molecule has 0 fully saturated rings. The minimum absolute atomic E-state index is 0.0420. The third kappa shape index (κ3) is 7.41. The zero-order chi connectivity index (χ0) is 23.1. The second-order valence-electron chi connectivity index (χ2n) is 7.54. The molecule has 0 heterocycles. The molecular weight excluding hydrogens is 503 g/mol. The van der Waals surface area contributed by atoms with Crippen LogP contribution < -0.4 is 10.1 Å². The smallest absolute Gasteiger partial charge is 0.261 e. The largest absolute Gasteiger partial charge is 0.484 e. The van der Waals surface area contributed by atoms with E-state index in [0.717, 1.165) is 10.0 Å². The van der Waals surface area contributed by atoms with Gasteiger partial charge in [0.05, 0.1) is 0 Å². The summed E-state index contributed by atoms with van der Waals surface area (Å²) in [5, 5.41) is 3.84. The maximum Gasteiger partial charge on any atom is 0.261 e. The van der Waals surface area contributed by atoms with E-state index in [1.807, 2.05) is 39.8 Å². The standard InChI is InChI=1S/C23H27BrCl2N2O3/c1-5-21(23(30)27-14(2)3)28(12-16-6-7-17(25)11-20(16)26)22(29)13-31-18-8-9-19(24)15(4)10-18/h6-11,14,21H,5,12-13H2,1-4H3,(H,27,30)/t21-/m0/s1. The maximum absolute atomic E-state index is 13.2. The Hall–Kier alpha value is -1.76. The van der Waals surface area contributed by atoms with Gasteiger partial charge in [0.1, 0.15) is 11.8 Å². The molecule has 1 atom stereocenters. The highest BCUT2D eigenvalue weighted by Crippen LogP contribution is 2.25. The van der Waals surface area contributed by atoms with Gasteiger partial charge in [-0.15, -0.1) is 0 Å². The molecule has 2 aromatic carbocycles. The van der Waals surface area contributed by atoms with E-state index in [1.165, 1.54) is 4.90 Å². The van der Waals surface area contributed by atoms with Crippen molar-refractivity contribution in [2.45, 2.75) is 52.7 Å². The topological polar surface area (TPSA) is 58.6 Å². The van der Waals surface area contributed by atoms with Crippen LogP contribution in [0.15, 0.2) is 40.9 Å². The zero-order valence-corrected chi connectivity index (χ0v) is 21.1. The van der Waals surface area contributed by atoms with Crippen molar-refractivity contribution in [2.24, 2.45) is 0 Å². The molecule has 0 unspecified atom stereocenters. The molecule has 0 spiro atoms. The first-order chi connectivity index (χ1) is 14.6. The predicted octanol–water partition coefficient (Wildman–Crippen LogP) is 5.78. The van der Waals surface area contributed by atoms with Crippen molar-refractivity contribution >= 4 is 50.9 Å². The van der Waals surface area contributed by atoms with Gasteiger partial charge in [-0.05, 0) is 68.7 Å². The van der Waals surface area contributed by atoms with Crippen LogP contribution in [0.3, 0.4) is 0 Å². The van der Waals surface area contributed by atoms with Crippen LogP contribution >= 0.6 is 39.1 Å². The zero-order valence-electron chi connectivity index (χ0n) is 18.0. The minimum Gasteiger partial charge on any atom is -0.484 e. The Morgan fingerprint density at radius 1 is 1.16 bits per heavy atom. The van der Waals surface area contributed by atoms with Gasteiger partial charge in [0, 0.05) is 27.1 Å². The Morgan fingerprint density at radius 2 is 1.87 bits per heavy atom. The normalized spacial score (nSPS) is 11.9. The van der Waals surface area contributed by atoms with Crippen molar-refractivity contribution < 1.29 is 14.3 Å². The molecule has 5 nitrogen and oxygen atoms in total. The Bertz CT molecular complexity index is 937. The Balaban J connectivity index is 2.26. The number of carbonyl (C=O) groups excluding carboxylic acids is 2. The average Bonchev–Trinajstić information content (AvgIpc) is 2.69. The van der Waals surface area contributed by atoms with E-state index in [9.17, 15) is 9.59 Å². The number of aryl methyl sites for hydroxylation is 1. The van der Waals surface area contributed by atoms with Gasteiger partial charge >= 0.3 is 0 Å². The lowest BCUT2D eigenvalue weighted by molar-refractivity contribution is -0.143. The molecule has 2 rings (SSSR count). The van der Waals surface area contributed by atoms with Crippen molar-refractivity contribution in [1.29, 1.82) is 0 Å². The molecule has 0 aliphatic rings. The van der Waals surface area contributed by atoms with E-state index in [4.69, 9.17) is 27.9 Å². The van der Waals surface area contributed by atoms with E-state index < -0.39 is 6.04 Å². The number of benzene rings is 2. The fourth-order valence-corrected chi connectivity index (χ4v) is 3.78. The van der Waals surface area contributed by atoms with E-state index in [0.29, 0.717) is 27.8 Å². The van der Waals surface area contributed by atoms with Gasteiger partial charge in [0.25, 0.3) is 5.91 Å². The van der Waals surface area contributed by atoms with Crippen LogP contribution in [0.2, 0.25) is 10.0 Å². The molecule has 0 saturated heterocycles. The summed E-state index contributed by atoms with van der Waals surface area (Å²) in [7, 11) is 0. The molecule has 8 heteroatoms. The number of nitrogens with zero attached hydrogens (tertiary/aromatic N) is 1. The van der Waals surface area contributed by atoms with Gasteiger partial charge in [-0.25, -0.2) is 0 Å². The average molecular weight is 530 g/mol. The molecule has 2 aromatic rings. The number of ether oxygens (including phenoxy) is 1. The third-order valence-corrected chi connectivity index (χ3v) is 6.14. The van der Waals surface area contributed by atoms with E-state index in [1.54, 1.807) is 24.3 Å². The van der Waals surface area contributed by atoms with Gasteiger partial charge in [-0.3, -0.25) is 9.59 Å². The van der Waals surface area contributed by atoms with Crippen molar-refractivity contribution in [1.82, 2.24) is 10.2 Å². The Morgan fingerprint density at radius 3 is 2.45 bits per heavy atom. The van der Waals surface area contributed by atoms with Gasteiger partial charge < -0.3 is 15.0 Å². The summed E-state index contributed by atoms with van der Waals surface area (Å²) < 4.78 is 6.69. The summed E-state index contributed by atoms with van der Waals surface area (Å²) in [6.07, 6.45) is 0.451. The fraction of sp³-hybridized carbons (Fsp3) is 0.391. The second kappa shape index (κ2) is 11.7. The van der Waals surface area contributed by atoms with Crippen LogP contribution in [0.1, 0.15) is 38.3 Å². The lowest BCUT2D eigenvalue weighted by Gasteiger charge is -2.31. The first-order valence-electron chi connectivity index (χ1n) is 10.0. The fourth-order valence-electron chi connectivity index (χ4n) is 3.07. The molecule has 0 aliphatic carbocycles. The molecular formula is C23H27BrCl2N2O3. The van der Waals surface area contributed by atoms with Crippen LogP contribution in [0.5, 0.6) is 5.75 Å².